The molecule has 0 saturated heterocycles. The van der Waals surface area contributed by atoms with Crippen LogP contribution in [0.15, 0.2) is 22.0 Å². The first-order valence-corrected chi connectivity index (χ1v) is 10.9. The van der Waals surface area contributed by atoms with Gasteiger partial charge in [-0.2, -0.15) is 0 Å². The second-order valence-electron chi connectivity index (χ2n) is 6.56. The van der Waals surface area contributed by atoms with Crippen LogP contribution in [0.3, 0.4) is 0 Å². The van der Waals surface area contributed by atoms with Crippen LogP contribution in [0.25, 0.3) is 6.08 Å². The lowest BCUT2D eigenvalue weighted by molar-refractivity contribution is 0.457. The number of fused-ring (bicyclic) bond motifs is 1. The van der Waals surface area contributed by atoms with Crippen LogP contribution >= 0.6 is 0 Å². The molecule has 0 spiro atoms. The summed E-state index contributed by atoms with van der Waals surface area (Å²) >= 11 is 0. The number of sulfone groups is 1. The average Bonchev–Trinajstić information content (AvgIpc) is 2.86. The van der Waals surface area contributed by atoms with Crippen LogP contribution in [0, 0.1) is 5.82 Å². The molecule has 1 aromatic rings. The predicted molar refractivity (Wildman–Crippen MR) is 93.4 cm³/mol. The van der Waals surface area contributed by atoms with Crippen molar-refractivity contribution in [3.05, 3.63) is 39.5 Å². The molecule has 0 bridgehead atoms. The number of benzene rings is 1. The lowest BCUT2D eigenvalue weighted by Gasteiger charge is -2.34. The van der Waals surface area contributed by atoms with E-state index in [9.17, 15) is 21.2 Å². The van der Waals surface area contributed by atoms with Gasteiger partial charge in [0.2, 0.25) is 16.0 Å². The van der Waals surface area contributed by atoms with Crippen molar-refractivity contribution in [2.24, 2.45) is 10.7 Å². The summed E-state index contributed by atoms with van der Waals surface area (Å²) in [7, 11) is -5.82. The first-order valence-electron chi connectivity index (χ1n) is 7.39. The largest absolute Gasteiger partial charge is 0.369 e. The fourth-order valence-corrected chi connectivity index (χ4v) is 5.28. The minimum Gasteiger partial charge on any atom is -0.369 e. The molecule has 2 N–H and O–H groups in total. The zero-order chi connectivity index (χ0) is 18.8. The second-order valence-corrected chi connectivity index (χ2v) is 10.6. The van der Waals surface area contributed by atoms with E-state index >= 15 is 0 Å². The average molecular weight is 387 g/mol. The highest BCUT2D eigenvalue weighted by molar-refractivity contribution is 7.94. The maximum atomic E-state index is 14.7. The third kappa shape index (κ3) is 2.93. The van der Waals surface area contributed by atoms with Crippen molar-refractivity contribution in [1.82, 2.24) is 4.31 Å². The van der Waals surface area contributed by atoms with Crippen LogP contribution in [0.4, 0.5) is 4.39 Å². The first kappa shape index (κ1) is 17.9. The van der Waals surface area contributed by atoms with Crippen LogP contribution in [-0.2, 0) is 31.8 Å². The minimum atomic E-state index is -3.73. The highest BCUT2D eigenvalue weighted by Gasteiger charge is 2.42. The van der Waals surface area contributed by atoms with Crippen molar-refractivity contribution in [1.29, 1.82) is 0 Å². The third-order valence-electron chi connectivity index (χ3n) is 4.53. The quantitative estimate of drug-likeness (QED) is 0.798. The Balaban J connectivity index is 2.12. The molecule has 1 aromatic carbocycles. The maximum absolute atomic E-state index is 14.7. The molecule has 25 heavy (non-hydrogen) atoms. The van der Waals surface area contributed by atoms with Crippen molar-refractivity contribution in [2.75, 3.05) is 19.1 Å². The number of aliphatic imine (C=N–C) groups is 1. The van der Waals surface area contributed by atoms with Gasteiger partial charge in [-0.05, 0) is 36.3 Å². The van der Waals surface area contributed by atoms with Crippen molar-refractivity contribution in [3.63, 3.8) is 0 Å². The molecule has 1 atom stereocenters. The van der Waals surface area contributed by atoms with Gasteiger partial charge in [-0.3, -0.25) is 0 Å². The number of halogens is 1. The monoisotopic (exact) mass is 387 g/mol. The molecule has 1 aliphatic carbocycles. The zero-order valence-corrected chi connectivity index (χ0v) is 15.6. The number of allylic oxidation sites excluding steroid dienone is 1. The van der Waals surface area contributed by atoms with Gasteiger partial charge in [0, 0.05) is 30.2 Å². The van der Waals surface area contributed by atoms with Gasteiger partial charge in [-0.25, -0.2) is 30.5 Å². The van der Waals surface area contributed by atoms with Crippen molar-refractivity contribution >= 4 is 31.9 Å². The van der Waals surface area contributed by atoms with Gasteiger partial charge < -0.3 is 5.73 Å². The predicted octanol–water partition coefficient (Wildman–Crippen LogP) is 0.572. The summed E-state index contributed by atoms with van der Waals surface area (Å²) in [5, 5.41) is 0. The molecular weight excluding hydrogens is 369 g/mol. The minimum absolute atomic E-state index is 0.0778. The third-order valence-corrected chi connectivity index (χ3v) is 7.69. The SMILES string of the molecule is CN1C(N)=N[C@](C)(c2cc3c(cc2F)C=C(S(C)(=O)=O)C3)CS1(=O)=O. The molecule has 0 radical (unpaired) electrons. The summed E-state index contributed by atoms with van der Waals surface area (Å²) in [4.78, 5) is 4.38. The fourth-order valence-electron chi connectivity index (χ4n) is 3.07. The van der Waals surface area contributed by atoms with Crippen LogP contribution in [0.2, 0.25) is 0 Å². The lowest BCUT2D eigenvalue weighted by atomic mass is 9.91. The Bertz CT molecular complexity index is 1040. The Morgan fingerprint density at radius 3 is 2.56 bits per heavy atom. The van der Waals surface area contributed by atoms with Gasteiger partial charge in [0.25, 0.3) is 0 Å². The Hall–Kier alpha value is -1.94. The molecule has 10 heteroatoms. The van der Waals surface area contributed by atoms with Gasteiger partial charge in [-0.15, -0.1) is 0 Å². The molecule has 136 valence electrons. The van der Waals surface area contributed by atoms with E-state index in [1.165, 1.54) is 32.2 Å². The number of rotatable bonds is 2. The van der Waals surface area contributed by atoms with Gasteiger partial charge in [0.1, 0.15) is 11.4 Å². The van der Waals surface area contributed by atoms with Gasteiger partial charge in [0.05, 0.1) is 5.75 Å². The van der Waals surface area contributed by atoms with Crippen molar-refractivity contribution < 1.29 is 21.2 Å². The standard InChI is InChI=1S/C15H18FN3O4S2/c1-15(8-25(22,23)19(2)14(17)18-15)12-6-9-4-11(24(3,20)21)5-10(9)7-13(12)16/h5-7H,4,8H2,1-3H3,(H2,17,18)/t15-/m0/s1. The Morgan fingerprint density at radius 1 is 1.36 bits per heavy atom. The molecule has 2 aliphatic rings. The number of sulfonamides is 1. The number of hydrogen-bond acceptors (Lipinski definition) is 6. The van der Waals surface area contributed by atoms with E-state index in [4.69, 9.17) is 5.73 Å². The lowest BCUT2D eigenvalue weighted by Crippen LogP contribution is -2.50. The van der Waals surface area contributed by atoms with Crippen molar-refractivity contribution in [3.8, 4) is 0 Å². The summed E-state index contributed by atoms with van der Waals surface area (Å²) in [6.45, 7) is 1.50. The molecule has 1 aliphatic heterocycles. The van der Waals surface area contributed by atoms with E-state index < -0.39 is 37.0 Å². The molecule has 1 heterocycles. The van der Waals surface area contributed by atoms with Crippen LogP contribution in [-0.4, -0.2) is 46.2 Å². The smallest absolute Gasteiger partial charge is 0.239 e. The Kier molecular flexibility index (Phi) is 3.77. The molecule has 0 unspecified atom stereocenters. The van der Waals surface area contributed by atoms with E-state index in [1.807, 2.05) is 0 Å². The summed E-state index contributed by atoms with van der Waals surface area (Å²) in [6, 6.07) is 2.70. The number of nitrogens with zero attached hydrogens (tertiary/aromatic N) is 2. The highest BCUT2D eigenvalue weighted by atomic mass is 32.2. The zero-order valence-electron chi connectivity index (χ0n) is 13.9. The molecular formula is C15H18FN3O4S2. The van der Waals surface area contributed by atoms with Gasteiger partial charge in [0.15, 0.2) is 9.84 Å². The molecule has 0 amide bonds. The van der Waals surface area contributed by atoms with E-state index in [-0.39, 0.29) is 22.8 Å². The van der Waals surface area contributed by atoms with Crippen molar-refractivity contribution in [2.45, 2.75) is 18.9 Å². The van der Waals surface area contributed by atoms with E-state index in [2.05, 4.69) is 4.99 Å². The molecule has 0 aromatic heterocycles. The Labute approximate surface area is 146 Å². The second kappa shape index (κ2) is 5.28. The number of guanidine groups is 1. The Morgan fingerprint density at radius 2 is 2.00 bits per heavy atom. The summed E-state index contributed by atoms with van der Waals surface area (Å²) in [5.74, 6) is -1.30. The maximum Gasteiger partial charge on any atom is 0.239 e. The van der Waals surface area contributed by atoms with E-state index in [1.54, 1.807) is 0 Å². The van der Waals surface area contributed by atoms with Gasteiger partial charge >= 0.3 is 0 Å². The highest BCUT2D eigenvalue weighted by Crippen LogP contribution is 2.37. The normalized spacial score (nSPS) is 25.4. The summed E-state index contributed by atoms with van der Waals surface area (Å²) in [6.07, 6.45) is 2.67. The van der Waals surface area contributed by atoms with E-state index in [0.29, 0.717) is 11.1 Å². The topological polar surface area (TPSA) is 110 Å². The van der Waals surface area contributed by atoms with Crippen LogP contribution in [0.5, 0.6) is 0 Å². The van der Waals surface area contributed by atoms with Crippen LogP contribution in [0.1, 0.15) is 23.6 Å². The van der Waals surface area contributed by atoms with E-state index in [0.717, 1.165) is 10.6 Å². The summed E-state index contributed by atoms with van der Waals surface area (Å²) in [5.41, 5.74) is 5.47. The number of nitrogens with two attached hydrogens (primary N) is 1. The first-order chi connectivity index (χ1) is 11.3. The molecule has 0 saturated carbocycles. The summed E-state index contributed by atoms with van der Waals surface area (Å²) < 4.78 is 63.5. The molecule has 3 rings (SSSR count). The van der Waals surface area contributed by atoms with Crippen LogP contribution < -0.4 is 5.73 Å². The van der Waals surface area contributed by atoms with Gasteiger partial charge in [-0.1, -0.05) is 0 Å². The fraction of sp³-hybridized carbons (Fsp3) is 0.400. The molecule has 0 fully saturated rings. The molecule has 7 nitrogen and oxygen atoms in total. The number of hydrogen-bond donors (Lipinski definition) is 1.